The van der Waals surface area contributed by atoms with E-state index in [2.05, 4.69) is 17.3 Å². The predicted octanol–water partition coefficient (Wildman–Crippen LogP) is 2.37. The molecule has 0 unspecified atom stereocenters. The molecule has 0 fully saturated rings. The van der Waals surface area contributed by atoms with Gasteiger partial charge in [-0.25, -0.2) is 0 Å². The van der Waals surface area contributed by atoms with E-state index in [1.807, 2.05) is 35.1 Å². The minimum absolute atomic E-state index is 0.672. The molecule has 0 spiro atoms. The van der Waals surface area contributed by atoms with Crippen LogP contribution in [0.2, 0.25) is 0 Å². The van der Waals surface area contributed by atoms with Crippen LogP contribution in [0, 0.1) is 0 Å². The highest BCUT2D eigenvalue weighted by atomic mass is 16.5. The number of aromatic nitrogens is 2. The fraction of sp³-hybridized carbons (Fsp3) is 0.357. The highest BCUT2D eigenvalue weighted by Crippen LogP contribution is 2.25. The molecule has 19 heavy (non-hydrogen) atoms. The second-order valence-corrected chi connectivity index (χ2v) is 4.30. The molecule has 0 atom stereocenters. The molecule has 0 amide bonds. The summed E-state index contributed by atoms with van der Waals surface area (Å²) in [5.74, 6) is 0.742. The number of anilines is 2. The first kappa shape index (κ1) is 13.3. The summed E-state index contributed by atoms with van der Waals surface area (Å²) in [5, 5.41) is 7.48. The van der Waals surface area contributed by atoms with Crippen LogP contribution < -0.4 is 15.8 Å². The van der Waals surface area contributed by atoms with E-state index in [1.165, 1.54) is 0 Å². The highest BCUT2D eigenvalue weighted by Gasteiger charge is 2.02. The zero-order valence-electron chi connectivity index (χ0n) is 11.2. The fourth-order valence-electron chi connectivity index (χ4n) is 1.73. The van der Waals surface area contributed by atoms with E-state index in [-0.39, 0.29) is 0 Å². The summed E-state index contributed by atoms with van der Waals surface area (Å²) < 4.78 is 7.48. The van der Waals surface area contributed by atoms with Crippen LogP contribution in [0.4, 0.5) is 11.4 Å². The third kappa shape index (κ3) is 3.91. The molecule has 0 bridgehead atoms. The molecule has 1 heterocycles. The summed E-state index contributed by atoms with van der Waals surface area (Å²) in [6, 6.07) is 7.67. The lowest BCUT2D eigenvalue weighted by molar-refractivity contribution is 0.319. The standard InChI is InChI=1S/C14H20N4O/c1-2-10-19-14-11-12(4-5-13(14)15)16-7-9-18-8-3-6-17-18/h3-6,8,11,16H,2,7,9-10,15H2,1H3. The minimum atomic E-state index is 0.672. The average molecular weight is 260 g/mol. The van der Waals surface area contributed by atoms with E-state index in [1.54, 1.807) is 6.20 Å². The van der Waals surface area contributed by atoms with Gasteiger partial charge in [0.25, 0.3) is 0 Å². The lowest BCUT2D eigenvalue weighted by Crippen LogP contribution is -2.11. The number of nitrogens with zero attached hydrogens (tertiary/aromatic N) is 2. The van der Waals surface area contributed by atoms with Gasteiger partial charge in [0.2, 0.25) is 0 Å². The maximum Gasteiger partial charge on any atom is 0.144 e. The SMILES string of the molecule is CCCOc1cc(NCCn2cccn2)ccc1N. The molecular formula is C14H20N4O. The van der Waals surface area contributed by atoms with Gasteiger partial charge in [0.15, 0.2) is 0 Å². The quantitative estimate of drug-likeness (QED) is 0.750. The topological polar surface area (TPSA) is 65.1 Å². The van der Waals surface area contributed by atoms with Crippen molar-refractivity contribution in [2.75, 3.05) is 24.2 Å². The van der Waals surface area contributed by atoms with Gasteiger partial charge < -0.3 is 15.8 Å². The van der Waals surface area contributed by atoms with Crippen molar-refractivity contribution in [1.29, 1.82) is 0 Å². The lowest BCUT2D eigenvalue weighted by atomic mass is 10.2. The summed E-state index contributed by atoms with van der Waals surface area (Å²) in [5.41, 5.74) is 7.55. The van der Waals surface area contributed by atoms with Gasteiger partial charge in [-0.3, -0.25) is 4.68 Å². The van der Waals surface area contributed by atoms with Crippen molar-refractivity contribution in [2.45, 2.75) is 19.9 Å². The number of hydrogen-bond acceptors (Lipinski definition) is 4. The number of hydrogen-bond donors (Lipinski definition) is 2. The maximum atomic E-state index is 5.87. The number of nitrogens with two attached hydrogens (primary N) is 1. The third-order valence-corrected chi connectivity index (χ3v) is 2.70. The molecule has 0 aliphatic heterocycles. The molecule has 0 saturated heterocycles. The van der Waals surface area contributed by atoms with Gasteiger partial charge in [-0.05, 0) is 24.6 Å². The normalized spacial score (nSPS) is 10.4. The Kier molecular flexibility index (Phi) is 4.66. The van der Waals surface area contributed by atoms with E-state index in [0.717, 1.165) is 30.9 Å². The Morgan fingerprint density at radius 1 is 1.42 bits per heavy atom. The Balaban J connectivity index is 1.89. The van der Waals surface area contributed by atoms with Crippen LogP contribution >= 0.6 is 0 Å². The molecule has 5 nitrogen and oxygen atoms in total. The molecule has 1 aromatic heterocycles. The van der Waals surface area contributed by atoms with Crippen molar-refractivity contribution >= 4 is 11.4 Å². The van der Waals surface area contributed by atoms with Crippen molar-refractivity contribution in [3.63, 3.8) is 0 Å². The maximum absolute atomic E-state index is 5.87. The van der Waals surface area contributed by atoms with Crippen molar-refractivity contribution in [1.82, 2.24) is 9.78 Å². The highest BCUT2D eigenvalue weighted by molar-refractivity contribution is 5.61. The summed E-state index contributed by atoms with van der Waals surface area (Å²) >= 11 is 0. The first-order chi connectivity index (χ1) is 9.29. The molecule has 3 N–H and O–H groups in total. The first-order valence-electron chi connectivity index (χ1n) is 6.53. The van der Waals surface area contributed by atoms with Crippen LogP contribution in [0.5, 0.6) is 5.75 Å². The first-order valence-corrected chi connectivity index (χ1v) is 6.53. The molecule has 0 aliphatic rings. The van der Waals surface area contributed by atoms with Crippen LogP contribution in [0.1, 0.15) is 13.3 Å². The van der Waals surface area contributed by atoms with Gasteiger partial charge in [0.1, 0.15) is 5.75 Å². The predicted molar refractivity (Wildman–Crippen MR) is 77.4 cm³/mol. The van der Waals surface area contributed by atoms with Crippen molar-refractivity contribution in [3.05, 3.63) is 36.7 Å². The van der Waals surface area contributed by atoms with Gasteiger partial charge in [-0.1, -0.05) is 6.92 Å². The lowest BCUT2D eigenvalue weighted by Gasteiger charge is -2.11. The van der Waals surface area contributed by atoms with Gasteiger partial charge >= 0.3 is 0 Å². The summed E-state index contributed by atoms with van der Waals surface area (Å²) in [6.45, 7) is 4.38. The van der Waals surface area contributed by atoms with Gasteiger partial charge in [-0.15, -0.1) is 0 Å². The smallest absolute Gasteiger partial charge is 0.144 e. The molecule has 102 valence electrons. The molecule has 0 radical (unpaired) electrons. The molecule has 0 saturated carbocycles. The summed E-state index contributed by atoms with van der Waals surface area (Å²) in [6.07, 6.45) is 4.69. The molecule has 0 aliphatic carbocycles. The monoisotopic (exact) mass is 260 g/mol. The number of rotatable bonds is 7. The Morgan fingerprint density at radius 2 is 2.32 bits per heavy atom. The van der Waals surface area contributed by atoms with Crippen LogP contribution in [-0.4, -0.2) is 22.9 Å². The Bertz CT molecular complexity index is 496. The van der Waals surface area contributed by atoms with Gasteiger partial charge in [0.05, 0.1) is 18.8 Å². The zero-order valence-corrected chi connectivity index (χ0v) is 11.2. The van der Waals surface area contributed by atoms with E-state index >= 15 is 0 Å². The average Bonchev–Trinajstić information content (AvgIpc) is 2.92. The summed E-state index contributed by atoms with van der Waals surface area (Å²) in [4.78, 5) is 0. The Hall–Kier alpha value is -2.17. The minimum Gasteiger partial charge on any atom is -0.491 e. The molecule has 2 aromatic rings. The van der Waals surface area contributed by atoms with Crippen LogP contribution in [0.25, 0.3) is 0 Å². The molecule has 5 heteroatoms. The van der Waals surface area contributed by atoms with E-state index < -0.39 is 0 Å². The number of nitrogen functional groups attached to an aromatic ring is 1. The molecule has 2 rings (SSSR count). The molecule has 1 aromatic carbocycles. The second-order valence-electron chi connectivity index (χ2n) is 4.30. The third-order valence-electron chi connectivity index (χ3n) is 2.70. The van der Waals surface area contributed by atoms with Crippen LogP contribution in [-0.2, 0) is 6.54 Å². The number of benzene rings is 1. The van der Waals surface area contributed by atoms with E-state index in [4.69, 9.17) is 10.5 Å². The van der Waals surface area contributed by atoms with E-state index in [0.29, 0.717) is 12.3 Å². The Labute approximate surface area is 113 Å². The van der Waals surface area contributed by atoms with Crippen LogP contribution in [0.3, 0.4) is 0 Å². The van der Waals surface area contributed by atoms with Gasteiger partial charge in [0, 0.05) is 30.7 Å². The second kappa shape index (κ2) is 6.68. The fourth-order valence-corrected chi connectivity index (χ4v) is 1.73. The van der Waals surface area contributed by atoms with Crippen molar-refractivity contribution in [3.8, 4) is 5.75 Å². The van der Waals surface area contributed by atoms with Crippen molar-refractivity contribution < 1.29 is 4.74 Å². The number of nitrogens with one attached hydrogen (secondary N) is 1. The van der Waals surface area contributed by atoms with Crippen molar-refractivity contribution in [2.24, 2.45) is 0 Å². The van der Waals surface area contributed by atoms with Gasteiger partial charge in [-0.2, -0.15) is 5.10 Å². The largest absolute Gasteiger partial charge is 0.491 e. The zero-order chi connectivity index (χ0) is 13.5. The number of ether oxygens (including phenoxy) is 1. The molecular weight excluding hydrogens is 240 g/mol. The van der Waals surface area contributed by atoms with Crippen LogP contribution in [0.15, 0.2) is 36.7 Å². The van der Waals surface area contributed by atoms with E-state index in [9.17, 15) is 0 Å². The summed E-state index contributed by atoms with van der Waals surface area (Å²) in [7, 11) is 0. The Morgan fingerprint density at radius 3 is 3.05 bits per heavy atom.